The summed E-state index contributed by atoms with van der Waals surface area (Å²) in [6.07, 6.45) is -5.41. The van der Waals surface area contributed by atoms with E-state index in [2.05, 4.69) is 0 Å². The third kappa shape index (κ3) is 3.09. The Morgan fingerprint density at radius 2 is 1.84 bits per heavy atom. The predicted molar refractivity (Wildman–Crippen MR) is 107 cm³/mol. The molecule has 13 heteroatoms. The Morgan fingerprint density at radius 3 is 2.41 bits per heavy atom. The first kappa shape index (κ1) is 21.4. The maximum atomic E-state index is 14.3. The number of aromatic amines is 1. The van der Waals surface area contributed by atoms with Gasteiger partial charge in [0, 0.05) is 0 Å². The van der Waals surface area contributed by atoms with E-state index in [0.29, 0.717) is 10.3 Å². The van der Waals surface area contributed by atoms with Crippen LogP contribution in [0.3, 0.4) is 0 Å². The molecule has 2 aromatic heterocycles. The van der Waals surface area contributed by atoms with E-state index in [9.17, 15) is 32.3 Å². The van der Waals surface area contributed by atoms with E-state index in [4.69, 9.17) is 4.74 Å². The molecule has 4 rings (SSSR count). The number of hydrogen-bond donors (Lipinski definition) is 3. The van der Waals surface area contributed by atoms with E-state index in [1.165, 1.54) is 48.9 Å². The Morgan fingerprint density at radius 1 is 1.16 bits per heavy atom. The van der Waals surface area contributed by atoms with Gasteiger partial charge in [0.05, 0.1) is 17.7 Å². The number of amides is 2. The van der Waals surface area contributed by atoms with Crippen LogP contribution >= 0.6 is 11.3 Å². The molecule has 1 atom stereocenters. The molecule has 0 saturated heterocycles. The zero-order valence-electron chi connectivity index (χ0n) is 16.1. The van der Waals surface area contributed by atoms with Crippen LogP contribution in [0, 0.1) is 0 Å². The van der Waals surface area contributed by atoms with Gasteiger partial charge in [-0.2, -0.15) is 13.2 Å². The number of nitrogens with one attached hydrogen (secondary N) is 3. The number of rotatable bonds is 4. The normalized spacial score (nSPS) is 17.6. The number of halogens is 3. The minimum absolute atomic E-state index is 0.0474. The number of carbonyl (C=O) groups excluding carboxylic acids is 2. The second-order valence-electron chi connectivity index (χ2n) is 6.65. The van der Waals surface area contributed by atoms with Crippen molar-refractivity contribution in [3.05, 3.63) is 73.1 Å². The highest BCUT2D eigenvalue weighted by Crippen LogP contribution is 2.45. The number of ether oxygens (including phenoxy) is 1. The fourth-order valence-electron chi connectivity index (χ4n) is 3.40. The molecule has 0 radical (unpaired) electrons. The van der Waals surface area contributed by atoms with Crippen molar-refractivity contribution in [2.75, 3.05) is 12.4 Å². The topological polar surface area (TPSA) is 122 Å². The van der Waals surface area contributed by atoms with E-state index < -0.39 is 46.2 Å². The molecule has 0 bridgehead atoms. The van der Waals surface area contributed by atoms with Crippen molar-refractivity contribution < 1.29 is 27.5 Å². The smallest absolute Gasteiger partial charge is 0.425 e. The van der Waals surface area contributed by atoms with Gasteiger partial charge in [-0.15, -0.1) is 11.3 Å². The lowest BCUT2D eigenvalue weighted by Gasteiger charge is -2.29. The van der Waals surface area contributed by atoms with Gasteiger partial charge in [0.2, 0.25) is 0 Å². The molecule has 1 aliphatic heterocycles. The molecule has 2 amide bonds. The molecule has 0 spiro atoms. The second-order valence-corrected chi connectivity index (χ2v) is 7.60. The molecule has 9 nitrogen and oxygen atoms in total. The first-order chi connectivity index (χ1) is 15.1. The largest absolute Gasteiger partial charge is 0.497 e. The molecule has 0 aliphatic carbocycles. The van der Waals surface area contributed by atoms with Gasteiger partial charge >= 0.3 is 11.9 Å². The SMILES string of the molecule is COc1ccc(-n2c3c(c(=O)[nH]c2=O)[C@](NC(=O)c2cccs2)(C(F)(F)F)C(=O)N3)cc1. The lowest BCUT2D eigenvalue weighted by Crippen LogP contribution is -2.62. The van der Waals surface area contributed by atoms with Crippen LogP contribution in [-0.4, -0.2) is 34.7 Å². The Kier molecular flexibility index (Phi) is 4.92. The van der Waals surface area contributed by atoms with Gasteiger partial charge in [-0.3, -0.25) is 19.4 Å². The average Bonchev–Trinajstić information content (AvgIpc) is 3.36. The Balaban J connectivity index is 1.97. The molecule has 3 aromatic rings. The summed E-state index contributed by atoms with van der Waals surface area (Å²) in [5.41, 5.74) is -7.35. The van der Waals surface area contributed by atoms with Crippen LogP contribution in [0.25, 0.3) is 5.69 Å². The zero-order chi connectivity index (χ0) is 23.3. The average molecular weight is 466 g/mol. The number of aromatic nitrogens is 2. The molecule has 166 valence electrons. The van der Waals surface area contributed by atoms with Crippen LogP contribution in [0.2, 0.25) is 0 Å². The van der Waals surface area contributed by atoms with Crippen molar-refractivity contribution >= 4 is 29.0 Å². The zero-order valence-corrected chi connectivity index (χ0v) is 16.9. The van der Waals surface area contributed by atoms with E-state index in [1.807, 2.05) is 5.32 Å². The van der Waals surface area contributed by atoms with Crippen LogP contribution in [0.5, 0.6) is 5.75 Å². The van der Waals surface area contributed by atoms with E-state index in [0.717, 1.165) is 11.3 Å². The minimum atomic E-state index is -5.41. The Bertz CT molecular complexity index is 1330. The minimum Gasteiger partial charge on any atom is -0.497 e. The number of fused-ring (bicyclic) bond motifs is 1. The second kappa shape index (κ2) is 7.37. The molecule has 1 aromatic carbocycles. The van der Waals surface area contributed by atoms with Crippen LogP contribution in [0.15, 0.2) is 51.4 Å². The highest BCUT2D eigenvalue weighted by atomic mass is 32.1. The summed E-state index contributed by atoms with van der Waals surface area (Å²) in [5, 5.41) is 5.11. The molecule has 3 heterocycles. The van der Waals surface area contributed by atoms with E-state index in [1.54, 1.807) is 10.3 Å². The predicted octanol–water partition coefficient (Wildman–Crippen LogP) is 1.74. The van der Waals surface area contributed by atoms with Crippen molar-refractivity contribution in [3.8, 4) is 11.4 Å². The van der Waals surface area contributed by atoms with Crippen LogP contribution in [0.4, 0.5) is 19.0 Å². The van der Waals surface area contributed by atoms with Gasteiger partial charge in [-0.25, -0.2) is 9.36 Å². The fourth-order valence-corrected chi connectivity index (χ4v) is 4.01. The number of alkyl halides is 3. The quantitative estimate of drug-likeness (QED) is 0.541. The molecule has 1 aliphatic rings. The summed E-state index contributed by atoms with van der Waals surface area (Å²) >= 11 is 0.852. The van der Waals surface area contributed by atoms with Gasteiger partial charge in [-0.05, 0) is 35.7 Å². The van der Waals surface area contributed by atoms with Gasteiger partial charge in [0.15, 0.2) is 0 Å². The molecular weight excluding hydrogens is 453 g/mol. The highest BCUT2D eigenvalue weighted by molar-refractivity contribution is 7.12. The van der Waals surface area contributed by atoms with Crippen molar-refractivity contribution in [2.45, 2.75) is 11.7 Å². The first-order valence-corrected chi connectivity index (χ1v) is 9.76. The van der Waals surface area contributed by atoms with Crippen molar-refractivity contribution in [2.24, 2.45) is 0 Å². The molecule has 32 heavy (non-hydrogen) atoms. The number of hydrogen-bond acceptors (Lipinski definition) is 6. The summed E-state index contributed by atoms with van der Waals surface area (Å²) in [6.45, 7) is 0. The number of methoxy groups -OCH3 is 1. The third-order valence-corrected chi connectivity index (χ3v) is 5.73. The standard InChI is InChI=1S/C19H13F3N4O5S/c1-31-10-6-4-9(5-7-10)26-13-12(15(28)24-17(26)30)18(16(29)23-13,19(20,21)22)25-14(27)11-3-2-8-32-11/h2-8H,1H3,(H,23,29)(H,25,27)(H,24,28,30)/t18-/m1/s1. The molecule has 0 fully saturated rings. The van der Waals surface area contributed by atoms with Gasteiger partial charge < -0.3 is 15.4 Å². The monoisotopic (exact) mass is 466 g/mol. The van der Waals surface area contributed by atoms with Gasteiger partial charge in [0.1, 0.15) is 17.1 Å². The van der Waals surface area contributed by atoms with E-state index >= 15 is 0 Å². The summed E-state index contributed by atoms with van der Waals surface area (Å²) in [4.78, 5) is 52.0. The Labute approximate surface area is 180 Å². The van der Waals surface area contributed by atoms with Crippen LogP contribution < -0.4 is 26.6 Å². The van der Waals surface area contributed by atoms with Crippen molar-refractivity contribution in [3.63, 3.8) is 0 Å². The lowest BCUT2D eigenvalue weighted by atomic mass is 9.91. The summed E-state index contributed by atoms with van der Waals surface area (Å²) in [6, 6.07) is 8.28. The molecular formula is C19H13F3N4O5S. The number of H-pyrrole nitrogens is 1. The third-order valence-electron chi connectivity index (χ3n) is 4.86. The summed E-state index contributed by atoms with van der Waals surface area (Å²) in [5.74, 6) is -3.22. The number of benzene rings is 1. The molecule has 0 saturated carbocycles. The molecule has 3 N–H and O–H groups in total. The molecule has 0 unspecified atom stereocenters. The summed E-state index contributed by atoms with van der Waals surface area (Å²) in [7, 11) is 1.40. The maximum absolute atomic E-state index is 14.3. The van der Waals surface area contributed by atoms with Gasteiger partial charge in [0.25, 0.3) is 22.9 Å². The van der Waals surface area contributed by atoms with Gasteiger partial charge in [-0.1, -0.05) is 6.07 Å². The number of nitrogens with zero attached hydrogens (tertiary/aromatic N) is 1. The first-order valence-electron chi connectivity index (χ1n) is 8.88. The van der Waals surface area contributed by atoms with Crippen LogP contribution in [0.1, 0.15) is 15.2 Å². The van der Waals surface area contributed by atoms with Crippen LogP contribution in [-0.2, 0) is 10.3 Å². The van der Waals surface area contributed by atoms with Crippen molar-refractivity contribution in [1.29, 1.82) is 0 Å². The summed E-state index contributed by atoms with van der Waals surface area (Å²) < 4.78 is 48.7. The maximum Gasteiger partial charge on any atom is 0.425 e. The highest BCUT2D eigenvalue weighted by Gasteiger charge is 2.68. The number of thiophene rings is 1. The van der Waals surface area contributed by atoms with E-state index in [-0.39, 0.29) is 10.6 Å². The Hall–Kier alpha value is -3.87. The number of carbonyl (C=O) groups is 2. The number of anilines is 1. The lowest BCUT2D eigenvalue weighted by molar-refractivity contribution is -0.196. The fraction of sp³-hybridized carbons (Fsp3) is 0.158. The van der Waals surface area contributed by atoms with Crippen molar-refractivity contribution in [1.82, 2.24) is 14.9 Å².